The van der Waals surface area contributed by atoms with Crippen LogP contribution in [0.4, 0.5) is 4.79 Å². The third kappa shape index (κ3) is 4.17. The van der Waals surface area contributed by atoms with E-state index in [-0.39, 0.29) is 17.8 Å². The summed E-state index contributed by atoms with van der Waals surface area (Å²) in [5.74, 6) is 0.0242. The standard InChI is InChI=1S/C24H23BrNO3PS/c25-30(19-10-4-1-5-11-19,20-12-6-2-7-13-20,21-14-8-3-9-15-21)17-16-29-23(27)22-18-31-24(28)26-22/h1-15,22H,16-18H2,(H,26,28)/t22-/m0/s1. The first-order valence-electron chi connectivity index (χ1n) is 10.0. The molecule has 1 heterocycles. The minimum absolute atomic E-state index is 0.181. The first-order valence-corrected chi connectivity index (χ1v) is 15.4. The van der Waals surface area contributed by atoms with Crippen LogP contribution in [0.15, 0.2) is 91.0 Å². The molecule has 0 radical (unpaired) electrons. The third-order valence-electron chi connectivity index (χ3n) is 5.60. The van der Waals surface area contributed by atoms with Gasteiger partial charge in [-0.05, 0) is 0 Å². The zero-order valence-corrected chi connectivity index (χ0v) is 20.1. The van der Waals surface area contributed by atoms with E-state index in [0.717, 1.165) is 11.8 Å². The van der Waals surface area contributed by atoms with Crippen molar-refractivity contribution in [2.45, 2.75) is 6.04 Å². The second-order valence-corrected chi connectivity index (χ2v) is 17.4. The molecule has 3 aromatic carbocycles. The van der Waals surface area contributed by atoms with Crippen LogP contribution >= 0.6 is 32.6 Å². The molecular weight excluding hydrogens is 493 g/mol. The molecule has 1 N–H and O–H groups in total. The molecule has 31 heavy (non-hydrogen) atoms. The van der Waals surface area contributed by atoms with E-state index in [4.69, 9.17) is 4.74 Å². The van der Waals surface area contributed by atoms with Crippen molar-refractivity contribution in [3.8, 4) is 0 Å². The zero-order valence-electron chi connectivity index (χ0n) is 16.8. The molecule has 1 saturated heterocycles. The van der Waals surface area contributed by atoms with Crippen molar-refractivity contribution in [2.75, 3.05) is 18.5 Å². The number of carbonyl (C=O) groups excluding carboxylic acids is 2. The van der Waals surface area contributed by atoms with Crippen molar-refractivity contribution >= 4 is 59.7 Å². The average molecular weight is 516 g/mol. The summed E-state index contributed by atoms with van der Waals surface area (Å²) in [6, 6.07) is 30.5. The fourth-order valence-electron chi connectivity index (χ4n) is 3.98. The molecule has 3 aromatic rings. The number of hydrogen-bond acceptors (Lipinski definition) is 4. The summed E-state index contributed by atoms with van der Waals surface area (Å²) in [7, 11) is 0. The molecule has 0 spiro atoms. The van der Waals surface area contributed by atoms with Gasteiger partial charge in [0.25, 0.3) is 0 Å². The van der Waals surface area contributed by atoms with Crippen LogP contribution in [0, 0.1) is 0 Å². The predicted molar refractivity (Wildman–Crippen MR) is 135 cm³/mol. The maximum absolute atomic E-state index is 12.5. The molecular formula is C24H23BrNO3PS. The van der Waals surface area contributed by atoms with E-state index in [2.05, 4.69) is 57.2 Å². The quantitative estimate of drug-likeness (QED) is 0.378. The number of rotatable bonds is 7. The average Bonchev–Trinajstić information content (AvgIpc) is 3.27. The first kappa shape index (κ1) is 22.1. The van der Waals surface area contributed by atoms with Crippen molar-refractivity contribution in [3.05, 3.63) is 91.0 Å². The predicted octanol–water partition coefficient (Wildman–Crippen LogP) is 4.19. The van der Waals surface area contributed by atoms with Crippen molar-refractivity contribution in [1.82, 2.24) is 5.32 Å². The van der Waals surface area contributed by atoms with Gasteiger partial charge in [-0.3, -0.25) is 0 Å². The van der Waals surface area contributed by atoms with Crippen molar-refractivity contribution in [1.29, 1.82) is 0 Å². The summed E-state index contributed by atoms with van der Waals surface area (Å²) in [6.45, 7) is 0.234. The van der Waals surface area contributed by atoms with Crippen LogP contribution in [0.2, 0.25) is 0 Å². The van der Waals surface area contributed by atoms with Gasteiger partial charge < -0.3 is 0 Å². The van der Waals surface area contributed by atoms with E-state index in [9.17, 15) is 9.59 Å². The SMILES string of the molecule is O=C1N[C@H](C(=O)OCCP(Br)(c2ccccc2)(c2ccccc2)c2ccccc2)CS1. The van der Waals surface area contributed by atoms with Gasteiger partial charge in [0.05, 0.1) is 0 Å². The molecule has 0 aromatic heterocycles. The van der Waals surface area contributed by atoms with E-state index < -0.39 is 11.3 Å². The Morgan fingerprint density at radius 2 is 1.35 bits per heavy atom. The summed E-state index contributed by atoms with van der Waals surface area (Å²) < 4.78 is 5.70. The number of esters is 1. The van der Waals surface area contributed by atoms with E-state index >= 15 is 0 Å². The van der Waals surface area contributed by atoms with Gasteiger partial charge in [0.1, 0.15) is 0 Å². The van der Waals surface area contributed by atoms with Crippen LogP contribution < -0.4 is 21.2 Å². The van der Waals surface area contributed by atoms with Gasteiger partial charge in [-0.15, -0.1) is 0 Å². The Morgan fingerprint density at radius 1 is 0.903 bits per heavy atom. The van der Waals surface area contributed by atoms with Crippen LogP contribution in [0.5, 0.6) is 0 Å². The molecule has 4 rings (SSSR count). The normalized spacial score (nSPS) is 17.4. The monoisotopic (exact) mass is 515 g/mol. The summed E-state index contributed by atoms with van der Waals surface area (Å²) in [6.07, 6.45) is 0.600. The van der Waals surface area contributed by atoms with Crippen LogP contribution in [-0.2, 0) is 9.53 Å². The summed E-state index contributed by atoms with van der Waals surface area (Å²) in [4.78, 5) is 24.0. The number of benzene rings is 3. The van der Waals surface area contributed by atoms with Gasteiger partial charge in [0, 0.05) is 0 Å². The fourth-order valence-corrected chi connectivity index (χ4v) is 11.8. The summed E-state index contributed by atoms with van der Waals surface area (Å²) in [5, 5.41) is 2.88. The molecule has 0 saturated carbocycles. The number of carbonyl (C=O) groups is 2. The molecule has 1 amide bonds. The van der Waals surface area contributed by atoms with E-state index in [1.54, 1.807) is 0 Å². The Bertz CT molecular complexity index is 967. The molecule has 160 valence electrons. The topological polar surface area (TPSA) is 55.4 Å². The maximum atomic E-state index is 12.5. The minimum atomic E-state index is -3.12. The third-order valence-corrected chi connectivity index (χ3v) is 16.4. The van der Waals surface area contributed by atoms with E-state index in [1.165, 1.54) is 15.9 Å². The van der Waals surface area contributed by atoms with Gasteiger partial charge >= 0.3 is 195 Å². The Labute approximate surface area is 194 Å². The molecule has 0 unspecified atom stereocenters. The Balaban J connectivity index is 1.75. The van der Waals surface area contributed by atoms with Gasteiger partial charge in [0.15, 0.2) is 0 Å². The summed E-state index contributed by atoms with van der Waals surface area (Å²) in [5.41, 5.74) is 0. The number of hydrogen-bond donors (Lipinski definition) is 1. The Morgan fingerprint density at radius 3 is 1.74 bits per heavy atom. The van der Waals surface area contributed by atoms with E-state index in [1.807, 2.05) is 54.6 Å². The molecule has 1 aliphatic rings. The van der Waals surface area contributed by atoms with Gasteiger partial charge in [-0.25, -0.2) is 0 Å². The van der Waals surface area contributed by atoms with E-state index in [0.29, 0.717) is 11.9 Å². The van der Waals surface area contributed by atoms with Gasteiger partial charge in [0.2, 0.25) is 0 Å². The summed E-state index contributed by atoms with van der Waals surface area (Å²) >= 11 is 5.44. The molecule has 4 nitrogen and oxygen atoms in total. The first-order chi connectivity index (χ1) is 15.0. The number of ether oxygens (including phenoxy) is 1. The molecule has 1 atom stereocenters. The number of amides is 1. The fraction of sp³-hybridized carbons (Fsp3) is 0.167. The van der Waals surface area contributed by atoms with Gasteiger partial charge in [-0.1, -0.05) is 0 Å². The van der Waals surface area contributed by atoms with Crippen LogP contribution in [0.3, 0.4) is 0 Å². The van der Waals surface area contributed by atoms with Crippen LogP contribution in [0.25, 0.3) is 0 Å². The molecule has 1 aliphatic heterocycles. The van der Waals surface area contributed by atoms with Gasteiger partial charge in [-0.2, -0.15) is 0 Å². The van der Waals surface area contributed by atoms with Crippen LogP contribution in [-0.4, -0.2) is 35.8 Å². The zero-order chi connectivity index (χ0) is 21.8. The molecule has 0 aliphatic carbocycles. The number of thioether (sulfide) groups is 1. The Hall–Kier alpha value is -2.14. The van der Waals surface area contributed by atoms with Crippen molar-refractivity contribution in [3.63, 3.8) is 0 Å². The second kappa shape index (κ2) is 9.15. The molecule has 7 heteroatoms. The number of nitrogens with one attached hydrogen (secondary N) is 1. The number of halogens is 1. The van der Waals surface area contributed by atoms with Crippen molar-refractivity contribution < 1.29 is 14.3 Å². The molecule has 0 bridgehead atoms. The molecule has 1 fully saturated rings. The second-order valence-electron chi connectivity index (χ2n) is 7.38. The Kier molecular flexibility index (Phi) is 6.52. The van der Waals surface area contributed by atoms with Crippen LogP contribution in [0.1, 0.15) is 0 Å². The van der Waals surface area contributed by atoms with Crippen molar-refractivity contribution in [2.24, 2.45) is 0 Å².